The Labute approximate surface area is 199 Å². The van der Waals surface area contributed by atoms with Gasteiger partial charge in [-0.1, -0.05) is 49.9 Å². The normalized spacial score (nSPS) is 11.4. The zero-order valence-electron chi connectivity index (χ0n) is 18.6. The maximum Gasteiger partial charge on any atom is 0.265 e. The largest absolute Gasteiger partial charge is 0.268 e. The fraction of sp³-hybridized carbons (Fsp3) is 0.160. The van der Waals surface area contributed by atoms with Crippen LogP contribution in [0, 0.1) is 5.82 Å². The van der Waals surface area contributed by atoms with Gasteiger partial charge in [0.25, 0.3) is 5.56 Å². The molecule has 2 aromatic heterocycles. The Morgan fingerprint density at radius 3 is 2.38 bits per heavy atom. The number of nitrogens with zero attached hydrogens (tertiary/aromatic N) is 6. The second kappa shape index (κ2) is 9.18. The molecule has 0 aliphatic carbocycles. The molecule has 5 rings (SSSR count). The first-order valence-corrected chi connectivity index (χ1v) is 11.8. The third-order valence-corrected chi connectivity index (χ3v) is 6.42. The first kappa shape index (κ1) is 22.0. The van der Waals surface area contributed by atoms with Crippen molar-refractivity contribution >= 4 is 22.7 Å². The van der Waals surface area contributed by atoms with E-state index in [2.05, 4.69) is 41.5 Å². The molecule has 5 aromatic rings. The molecule has 2 heterocycles. The zero-order valence-corrected chi connectivity index (χ0v) is 19.4. The molecule has 3 aromatic carbocycles. The summed E-state index contributed by atoms with van der Waals surface area (Å²) in [6.07, 6.45) is 0. The first-order chi connectivity index (χ1) is 16.5. The summed E-state index contributed by atoms with van der Waals surface area (Å²) >= 11 is 1.37. The van der Waals surface area contributed by atoms with Crippen LogP contribution >= 0.6 is 11.8 Å². The molecule has 0 unspecified atom stereocenters. The first-order valence-electron chi connectivity index (χ1n) is 10.8. The topological polar surface area (TPSA) is 78.5 Å². The Morgan fingerprint density at radius 1 is 0.941 bits per heavy atom. The highest BCUT2D eigenvalue weighted by molar-refractivity contribution is 7.98. The average molecular weight is 473 g/mol. The molecule has 0 bridgehead atoms. The lowest BCUT2D eigenvalue weighted by Crippen LogP contribution is -2.23. The summed E-state index contributed by atoms with van der Waals surface area (Å²) in [5, 5.41) is 13.2. The Bertz CT molecular complexity index is 1510. The Hall–Kier alpha value is -3.85. The van der Waals surface area contributed by atoms with Crippen LogP contribution in [0.3, 0.4) is 0 Å². The Balaban J connectivity index is 1.52. The molecule has 0 aliphatic heterocycles. The molecule has 0 fully saturated rings. The van der Waals surface area contributed by atoms with Crippen molar-refractivity contribution in [2.24, 2.45) is 0 Å². The van der Waals surface area contributed by atoms with Crippen LogP contribution in [0.15, 0.2) is 82.7 Å². The van der Waals surface area contributed by atoms with Crippen molar-refractivity contribution in [3.63, 3.8) is 0 Å². The van der Waals surface area contributed by atoms with Gasteiger partial charge in [0.2, 0.25) is 5.16 Å². The maximum atomic E-state index is 13.5. The molecule has 0 N–H and O–H groups in total. The standard InChI is InChI=1S/C25H21FN6OS/c1-16(2)17-7-11-20(12-8-17)32-25(28-29-30-32)34-15-23-27-22-6-4-3-5-21(22)24(33)31(23)19-13-9-18(26)10-14-19/h3-14,16H,15H2,1-2H3. The van der Waals surface area contributed by atoms with Gasteiger partial charge in [-0.2, -0.15) is 4.68 Å². The monoisotopic (exact) mass is 472 g/mol. The van der Waals surface area contributed by atoms with E-state index >= 15 is 0 Å². The lowest BCUT2D eigenvalue weighted by Gasteiger charge is -2.13. The second-order valence-electron chi connectivity index (χ2n) is 8.07. The number of hydrogen-bond donors (Lipinski definition) is 0. The minimum atomic E-state index is -0.371. The summed E-state index contributed by atoms with van der Waals surface area (Å²) < 4.78 is 16.7. The highest BCUT2D eigenvalue weighted by Gasteiger charge is 2.16. The lowest BCUT2D eigenvalue weighted by molar-refractivity contribution is 0.627. The number of para-hydroxylation sites is 1. The van der Waals surface area contributed by atoms with Gasteiger partial charge in [-0.25, -0.2) is 9.37 Å². The molecule has 0 saturated carbocycles. The Morgan fingerprint density at radius 2 is 1.65 bits per heavy atom. The van der Waals surface area contributed by atoms with E-state index in [1.165, 1.54) is 34.0 Å². The van der Waals surface area contributed by atoms with Crippen molar-refractivity contribution in [3.8, 4) is 11.4 Å². The zero-order chi connectivity index (χ0) is 23.7. The van der Waals surface area contributed by atoms with Crippen LogP contribution in [0.2, 0.25) is 0 Å². The number of thioether (sulfide) groups is 1. The summed E-state index contributed by atoms with van der Waals surface area (Å²) in [7, 11) is 0. The van der Waals surface area contributed by atoms with Crippen LogP contribution in [0.1, 0.15) is 31.2 Å². The van der Waals surface area contributed by atoms with Gasteiger partial charge in [-0.15, -0.1) is 5.10 Å². The maximum absolute atomic E-state index is 13.5. The fourth-order valence-electron chi connectivity index (χ4n) is 3.69. The van der Waals surface area contributed by atoms with Crippen molar-refractivity contribution in [2.75, 3.05) is 0 Å². The molecule has 0 radical (unpaired) electrons. The summed E-state index contributed by atoms with van der Waals surface area (Å²) in [4.78, 5) is 18.1. The summed E-state index contributed by atoms with van der Waals surface area (Å²) in [5.41, 5.74) is 3.01. The van der Waals surface area contributed by atoms with E-state index in [0.29, 0.717) is 39.2 Å². The van der Waals surface area contributed by atoms with Crippen LogP contribution in [-0.4, -0.2) is 29.8 Å². The van der Waals surface area contributed by atoms with Gasteiger partial charge in [0.15, 0.2) is 0 Å². The third kappa shape index (κ3) is 4.22. The fourth-order valence-corrected chi connectivity index (χ4v) is 4.50. The number of fused-ring (bicyclic) bond motifs is 1. The van der Waals surface area contributed by atoms with Gasteiger partial charge in [0.1, 0.15) is 11.6 Å². The predicted octanol–water partition coefficient (Wildman–Crippen LogP) is 4.92. The molecule has 34 heavy (non-hydrogen) atoms. The molecular weight excluding hydrogens is 451 g/mol. The van der Waals surface area contributed by atoms with E-state index in [1.54, 1.807) is 35.0 Å². The third-order valence-electron chi connectivity index (χ3n) is 5.51. The van der Waals surface area contributed by atoms with Crippen LogP contribution < -0.4 is 5.56 Å². The van der Waals surface area contributed by atoms with Crippen molar-refractivity contribution in [3.05, 3.63) is 100 Å². The van der Waals surface area contributed by atoms with Crippen LogP contribution in [0.5, 0.6) is 0 Å². The average Bonchev–Trinajstić information content (AvgIpc) is 3.32. The molecule has 0 saturated heterocycles. The summed E-state index contributed by atoms with van der Waals surface area (Å²) in [5.74, 6) is 0.912. The number of hydrogen-bond acceptors (Lipinski definition) is 6. The summed E-state index contributed by atoms with van der Waals surface area (Å²) in [6.45, 7) is 4.29. The minimum Gasteiger partial charge on any atom is -0.268 e. The highest BCUT2D eigenvalue weighted by atomic mass is 32.2. The van der Waals surface area contributed by atoms with E-state index in [0.717, 1.165) is 5.69 Å². The van der Waals surface area contributed by atoms with Gasteiger partial charge >= 0.3 is 0 Å². The number of aromatic nitrogens is 6. The molecule has 170 valence electrons. The van der Waals surface area contributed by atoms with Crippen molar-refractivity contribution in [2.45, 2.75) is 30.7 Å². The molecule has 9 heteroatoms. The number of tetrazole rings is 1. The van der Waals surface area contributed by atoms with Gasteiger partial charge in [-0.3, -0.25) is 9.36 Å². The molecule has 0 aliphatic rings. The number of benzene rings is 3. The predicted molar refractivity (Wildman–Crippen MR) is 130 cm³/mol. The van der Waals surface area contributed by atoms with E-state index in [-0.39, 0.29) is 11.4 Å². The van der Waals surface area contributed by atoms with Crippen molar-refractivity contribution < 1.29 is 4.39 Å². The van der Waals surface area contributed by atoms with Gasteiger partial charge in [0, 0.05) is 0 Å². The molecule has 0 amide bonds. The van der Waals surface area contributed by atoms with Gasteiger partial charge in [0.05, 0.1) is 28.0 Å². The number of rotatable bonds is 6. The van der Waals surface area contributed by atoms with Gasteiger partial charge in [-0.05, 0) is 70.4 Å². The number of halogens is 1. The molecular formula is C25H21FN6OS. The van der Waals surface area contributed by atoms with Crippen molar-refractivity contribution in [1.29, 1.82) is 0 Å². The quantitative estimate of drug-likeness (QED) is 0.327. The van der Waals surface area contributed by atoms with Crippen LogP contribution in [0.25, 0.3) is 22.3 Å². The smallest absolute Gasteiger partial charge is 0.265 e. The van der Waals surface area contributed by atoms with E-state index < -0.39 is 0 Å². The van der Waals surface area contributed by atoms with Crippen LogP contribution in [0.4, 0.5) is 4.39 Å². The highest BCUT2D eigenvalue weighted by Crippen LogP contribution is 2.25. The SMILES string of the molecule is CC(C)c1ccc(-n2nnnc2SCc2nc3ccccc3c(=O)n2-c2ccc(F)cc2)cc1. The Kier molecular flexibility index (Phi) is 5.93. The lowest BCUT2D eigenvalue weighted by atomic mass is 10.0. The van der Waals surface area contributed by atoms with E-state index in [1.807, 2.05) is 18.2 Å². The van der Waals surface area contributed by atoms with E-state index in [4.69, 9.17) is 4.98 Å². The molecule has 0 spiro atoms. The molecule has 0 atom stereocenters. The van der Waals surface area contributed by atoms with Crippen molar-refractivity contribution in [1.82, 2.24) is 29.8 Å². The van der Waals surface area contributed by atoms with Crippen LogP contribution in [-0.2, 0) is 5.75 Å². The van der Waals surface area contributed by atoms with E-state index in [9.17, 15) is 9.18 Å². The minimum absolute atomic E-state index is 0.211. The molecule has 7 nitrogen and oxygen atoms in total. The summed E-state index contributed by atoms with van der Waals surface area (Å²) in [6, 6.07) is 21.1. The second-order valence-corrected chi connectivity index (χ2v) is 9.01. The van der Waals surface area contributed by atoms with Gasteiger partial charge < -0.3 is 0 Å².